The lowest BCUT2D eigenvalue weighted by Gasteiger charge is -2.34. The zero-order valence-corrected chi connectivity index (χ0v) is 11.7. The molecule has 0 aromatic heterocycles. The first-order chi connectivity index (χ1) is 6.63. The number of halogens is 1. The van der Waals surface area contributed by atoms with Gasteiger partial charge in [0.1, 0.15) is 23.0 Å². The van der Waals surface area contributed by atoms with Crippen molar-refractivity contribution < 1.29 is 3.07 Å². The van der Waals surface area contributed by atoms with Crippen molar-refractivity contribution in [2.75, 3.05) is 13.6 Å². The van der Waals surface area contributed by atoms with Gasteiger partial charge in [-0.15, -0.1) is 0 Å². The molecule has 0 radical (unpaired) electrons. The first kappa shape index (κ1) is 12.7. The predicted octanol–water partition coefficient (Wildman–Crippen LogP) is 3.25. The smallest absolute Gasteiger partial charge is 0.110 e. The molecule has 0 bridgehead atoms. The van der Waals surface area contributed by atoms with Crippen molar-refractivity contribution in [1.29, 1.82) is 0 Å². The maximum absolute atomic E-state index is 5.35. The van der Waals surface area contributed by atoms with Crippen LogP contribution < -0.4 is 0 Å². The lowest BCUT2D eigenvalue weighted by atomic mass is 9.92. The quantitative estimate of drug-likeness (QED) is 0.739. The van der Waals surface area contributed by atoms with Crippen molar-refractivity contribution in [2.24, 2.45) is 5.92 Å². The predicted molar refractivity (Wildman–Crippen MR) is 68.6 cm³/mol. The van der Waals surface area contributed by atoms with Crippen LogP contribution in [0.3, 0.4) is 0 Å². The molecule has 0 saturated heterocycles. The molecule has 3 heteroatoms. The molecule has 1 fully saturated rings. The SMILES string of the molecule is CC(C)CN(C)[C@H]1CC[C@@H](OI)CC1. The Bertz CT molecular complexity index is 155. The molecule has 1 aliphatic rings. The van der Waals surface area contributed by atoms with Crippen molar-refractivity contribution in [3.8, 4) is 0 Å². The van der Waals surface area contributed by atoms with Gasteiger partial charge in [-0.25, -0.2) is 0 Å². The Morgan fingerprint density at radius 1 is 1.29 bits per heavy atom. The van der Waals surface area contributed by atoms with E-state index in [2.05, 4.69) is 25.8 Å². The zero-order chi connectivity index (χ0) is 10.6. The van der Waals surface area contributed by atoms with Crippen LogP contribution in [0.4, 0.5) is 0 Å². The number of nitrogens with zero attached hydrogens (tertiary/aromatic N) is 1. The highest BCUT2D eigenvalue weighted by Crippen LogP contribution is 2.25. The summed E-state index contributed by atoms with van der Waals surface area (Å²) in [6, 6.07) is 0.792. The van der Waals surface area contributed by atoms with Gasteiger partial charge in [0.25, 0.3) is 0 Å². The molecule has 0 amide bonds. The van der Waals surface area contributed by atoms with Gasteiger partial charge in [0.15, 0.2) is 0 Å². The molecular formula is C11H22INO. The highest BCUT2D eigenvalue weighted by atomic mass is 127. The molecule has 0 atom stereocenters. The highest BCUT2D eigenvalue weighted by molar-refractivity contribution is 14.1. The molecule has 0 aromatic rings. The van der Waals surface area contributed by atoms with E-state index in [1.807, 2.05) is 23.0 Å². The summed E-state index contributed by atoms with van der Waals surface area (Å²) in [7, 11) is 2.26. The van der Waals surface area contributed by atoms with Gasteiger partial charge in [0, 0.05) is 12.6 Å². The van der Waals surface area contributed by atoms with Gasteiger partial charge in [0.05, 0.1) is 6.10 Å². The Kier molecular flexibility index (Phi) is 5.71. The Hall–Kier alpha value is 0.650. The molecule has 14 heavy (non-hydrogen) atoms. The van der Waals surface area contributed by atoms with E-state index in [0.717, 1.165) is 12.0 Å². The van der Waals surface area contributed by atoms with E-state index in [-0.39, 0.29) is 0 Å². The maximum Gasteiger partial charge on any atom is 0.110 e. The highest BCUT2D eigenvalue weighted by Gasteiger charge is 2.24. The molecule has 0 N–H and O–H groups in total. The Labute approximate surface area is 102 Å². The lowest BCUT2D eigenvalue weighted by Crippen LogP contribution is -2.38. The maximum atomic E-state index is 5.35. The van der Waals surface area contributed by atoms with E-state index in [1.54, 1.807) is 0 Å². The minimum absolute atomic E-state index is 0.513. The van der Waals surface area contributed by atoms with E-state index in [0.29, 0.717) is 6.10 Å². The largest absolute Gasteiger partial charge is 0.312 e. The molecule has 1 saturated carbocycles. The Morgan fingerprint density at radius 2 is 1.86 bits per heavy atom. The van der Waals surface area contributed by atoms with Crippen molar-refractivity contribution >= 4 is 23.0 Å². The van der Waals surface area contributed by atoms with Crippen LogP contribution in [0, 0.1) is 5.92 Å². The fourth-order valence-electron chi connectivity index (χ4n) is 2.30. The summed E-state index contributed by atoms with van der Waals surface area (Å²) in [5.41, 5.74) is 0. The third-order valence-electron chi connectivity index (χ3n) is 3.05. The molecule has 84 valence electrons. The standard InChI is InChI=1S/C11H22INO/c1-9(2)8-13(3)10-4-6-11(14-12)7-5-10/h9-11H,4-8H2,1-3H3/t10-,11+. The number of hydrogen-bond acceptors (Lipinski definition) is 2. The normalized spacial score (nSPS) is 28.7. The molecule has 1 aliphatic carbocycles. The van der Waals surface area contributed by atoms with E-state index in [4.69, 9.17) is 3.07 Å². The Morgan fingerprint density at radius 3 is 2.29 bits per heavy atom. The van der Waals surface area contributed by atoms with Crippen LogP contribution in [0.25, 0.3) is 0 Å². The first-order valence-corrected chi connectivity index (χ1v) is 6.49. The van der Waals surface area contributed by atoms with Gasteiger partial charge in [-0.05, 0) is 38.6 Å². The van der Waals surface area contributed by atoms with E-state index in [9.17, 15) is 0 Å². The van der Waals surface area contributed by atoms with Crippen LogP contribution in [0.5, 0.6) is 0 Å². The fraction of sp³-hybridized carbons (Fsp3) is 1.00. The molecule has 0 aliphatic heterocycles. The van der Waals surface area contributed by atoms with E-state index >= 15 is 0 Å². The van der Waals surface area contributed by atoms with Gasteiger partial charge >= 0.3 is 0 Å². The van der Waals surface area contributed by atoms with Gasteiger partial charge in [-0.3, -0.25) is 0 Å². The van der Waals surface area contributed by atoms with Gasteiger partial charge in [-0.2, -0.15) is 0 Å². The molecule has 0 heterocycles. The molecule has 2 nitrogen and oxygen atoms in total. The summed E-state index contributed by atoms with van der Waals surface area (Å²) >= 11 is 2.04. The summed E-state index contributed by atoms with van der Waals surface area (Å²) in [6.45, 7) is 5.80. The first-order valence-electron chi connectivity index (χ1n) is 5.61. The van der Waals surface area contributed by atoms with Crippen LogP contribution in [0.15, 0.2) is 0 Å². The third kappa shape index (κ3) is 4.03. The molecule has 0 aromatic carbocycles. The molecule has 0 unspecified atom stereocenters. The summed E-state index contributed by atoms with van der Waals surface area (Å²) in [5.74, 6) is 0.776. The second-order valence-electron chi connectivity index (χ2n) is 4.85. The summed E-state index contributed by atoms with van der Waals surface area (Å²) < 4.78 is 5.35. The van der Waals surface area contributed by atoms with Crippen molar-refractivity contribution in [2.45, 2.75) is 51.7 Å². The van der Waals surface area contributed by atoms with E-state index < -0.39 is 0 Å². The Balaban J connectivity index is 2.26. The third-order valence-corrected chi connectivity index (χ3v) is 3.77. The van der Waals surface area contributed by atoms with E-state index in [1.165, 1.54) is 32.2 Å². The second-order valence-corrected chi connectivity index (χ2v) is 5.36. The number of hydrogen-bond donors (Lipinski definition) is 0. The minimum Gasteiger partial charge on any atom is -0.312 e. The lowest BCUT2D eigenvalue weighted by molar-refractivity contribution is 0.121. The average molecular weight is 311 g/mol. The summed E-state index contributed by atoms with van der Waals surface area (Å²) in [6.07, 6.45) is 5.58. The van der Waals surface area contributed by atoms with Crippen molar-refractivity contribution in [3.63, 3.8) is 0 Å². The second kappa shape index (κ2) is 6.28. The van der Waals surface area contributed by atoms with Gasteiger partial charge in [-0.1, -0.05) is 13.8 Å². The van der Waals surface area contributed by atoms with Crippen LogP contribution in [0.1, 0.15) is 39.5 Å². The molecular weight excluding hydrogens is 289 g/mol. The molecule has 1 rings (SSSR count). The fourth-order valence-corrected chi connectivity index (χ4v) is 2.81. The van der Waals surface area contributed by atoms with Gasteiger partial charge in [0.2, 0.25) is 0 Å². The minimum atomic E-state index is 0.513. The van der Waals surface area contributed by atoms with Crippen molar-refractivity contribution in [3.05, 3.63) is 0 Å². The van der Waals surface area contributed by atoms with Gasteiger partial charge < -0.3 is 7.97 Å². The van der Waals surface area contributed by atoms with Crippen LogP contribution >= 0.6 is 23.0 Å². The monoisotopic (exact) mass is 311 g/mol. The number of rotatable bonds is 4. The van der Waals surface area contributed by atoms with Crippen LogP contribution in [-0.2, 0) is 3.07 Å². The summed E-state index contributed by atoms with van der Waals surface area (Å²) in [5, 5.41) is 0. The topological polar surface area (TPSA) is 12.5 Å². The zero-order valence-electron chi connectivity index (χ0n) is 9.50. The average Bonchev–Trinajstić information content (AvgIpc) is 2.17. The molecule has 0 spiro atoms. The van der Waals surface area contributed by atoms with Crippen molar-refractivity contribution in [1.82, 2.24) is 4.90 Å². The summed E-state index contributed by atoms with van der Waals surface area (Å²) in [4.78, 5) is 2.52. The van der Waals surface area contributed by atoms with Crippen LogP contribution in [-0.4, -0.2) is 30.6 Å². The van der Waals surface area contributed by atoms with Crippen LogP contribution in [0.2, 0.25) is 0 Å².